The van der Waals surface area contributed by atoms with Crippen LogP contribution in [0, 0.1) is 0 Å². The van der Waals surface area contributed by atoms with Crippen LogP contribution in [0.5, 0.6) is 5.75 Å². The molecule has 138 valence electrons. The third kappa shape index (κ3) is 3.83. The van der Waals surface area contributed by atoms with Gasteiger partial charge in [-0.25, -0.2) is 0 Å². The summed E-state index contributed by atoms with van der Waals surface area (Å²) in [7, 11) is 0. The molecule has 1 aliphatic rings. The second-order valence-electron chi connectivity index (χ2n) is 7.38. The first-order valence-corrected chi connectivity index (χ1v) is 8.74. The maximum Gasteiger partial charge on any atom is 0.290 e. The van der Waals surface area contributed by atoms with E-state index in [9.17, 15) is 14.7 Å². The van der Waals surface area contributed by atoms with Gasteiger partial charge in [-0.2, -0.15) is 5.10 Å². The molecular formula is C18H21ClN4O3. The number of benzene rings is 1. The van der Waals surface area contributed by atoms with Crippen LogP contribution >= 0.6 is 11.6 Å². The molecule has 1 aromatic heterocycles. The summed E-state index contributed by atoms with van der Waals surface area (Å²) >= 11 is 5.83. The Hall–Kier alpha value is -2.54. The first-order valence-electron chi connectivity index (χ1n) is 8.36. The third-order valence-electron chi connectivity index (χ3n) is 4.09. The van der Waals surface area contributed by atoms with Gasteiger partial charge in [0, 0.05) is 16.6 Å². The van der Waals surface area contributed by atoms with Gasteiger partial charge in [0.25, 0.3) is 11.8 Å². The molecule has 2 amide bonds. The van der Waals surface area contributed by atoms with Crippen molar-refractivity contribution < 1.29 is 14.7 Å². The predicted octanol–water partition coefficient (Wildman–Crippen LogP) is 2.95. The summed E-state index contributed by atoms with van der Waals surface area (Å²) in [4.78, 5) is 24.5. The lowest BCUT2D eigenvalue weighted by Crippen LogP contribution is -2.42. The van der Waals surface area contributed by atoms with E-state index in [-0.39, 0.29) is 22.5 Å². The highest BCUT2D eigenvalue weighted by Crippen LogP contribution is 2.41. The number of carbonyl (C=O) groups excluding carboxylic acids is 2. The number of rotatable bonds is 3. The summed E-state index contributed by atoms with van der Waals surface area (Å²) < 4.78 is 1.87. The lowest BCUT2D eigenvalue weighted by Gasteiger charge is -2.22. The Morgan fingerprint density at radius 3 is 2.46 bits per heavy atom. The quantitative estimate of drug-likeness (QED) is 0.717. The lowest BCUT2D eigenvalue weighted by molar-refractivity contribution is 0.0841. The molecule has 0 atom stereocenters. The van der Waals surface area contributed by atoms with Crippen LogP contribution in [0.4, 0.5) is 0 Å². The number of aromatic hydroxyl groups is 1. The number of hydrogen-bond donors (Lipinski definition) is 3. The van der Waals surface area contributed by atoms with Crippen molar-refractivity contribution in [3.63, 3.8) is 0 Å². The van der Waals surface area contributed by atoms with Crippen LogP contribution in [0.25, 0.3) is 0 Å². The molecule has 0 spiro atoms. The molecule has 3 N–H and O–H groups in total. The zero-order valence-corrected chi connectivity index (χ0v) is 15.6. The molecule has 0 saturated heterocycles. The van der Waals surface area contributed by atoms with E-state index in [0.29, 0.717) is 10.9 Å². The zero-order valence-electron chi connectivity index (χ0n) is 14.8. The maximum atomic E-state index is 12.4. The molecule has 26 heavy (non-hydrogen) atoms. The molecule has 1 aromatic carbocycles. The van der Waals surface area contributed by atoms with Crippen LogP contribution in [-0.2, 0) is 5.54 Å². The van der Waals surface area contributed by atoms with E-state index < -0.39 is 11.8 Å². The van der Waals surface area contributed by atoms with Crippen molar-refractivity contribution in [3.8, 4) is 5.75 Å². The number of nitrogens with zero attached hydrogens (tertiary/aromatic N) is 2. The summed E-state index contributed by atoms with van der Waals surface area (Å²) in [5.74, 6) is -0.990. The fourth-order valence-corrected chi connectivity index (χ4v) is 2.82. The molecule has 0 radical (unpaired) electrons. The molecule has 1 heterocycles. The van der Waals surface area contributed by atoms with Gasteiger partial charge >= 0.3 is 0 Å². The molecular weight excluding hydrogens is 356 g/mol. The summed E-state index contributed by atoms with van der Waals surface area (Å²) in [6.07, 6.45) is 2.18. The largest absolute Gasteiger partial charge is 0.507 e. The van der Waals surface area contributed by atoms with E-state index >= 15 is 0 Å². The van der Waals surface area contributed by atoms with E-state index in [1.54, 1.807) is 6.07 Å². The minimum Gasteiger partial charge on any atom is -0.507 e. The average Bonchev–Trinajstić information content (AvgIpc) is 3.31. The second-order valence-corrected chi connectivity index (χ2v) is 7.82. The summed E-state index contributed by atoms with van der Waals surface area (Å²) in [5, 5.41) is 14.4. The van der Waals surface area contributed by atoms with Gasteiger partial charge in [0.2, 0.25) is 0 Å². The average molecular weight is 377 g/mol. The lowest BCUT2D eigenvalue weighted by atomic mass is 10.1. The van der Waals surface area contributed by atoms with Crippen LogP contribution in [0.3, 0.4) is 0 Å². The molecule has 3 rings (SSSR count). The van der Waals surface area contributed by atoms with Gasteiger partial charge in [0.15, 0.2) is 5.69 Å². The van der Waals surface area contributed by atoms with Gasteiger partial charge in [-0.1, -0.05) is 11.6 Å². The van der Waals surface area contributed by atoms with E-state index in [1.807, 2.05) is 25.5 Å². The van der Waals surface area contributed by atoms with Crippen molar-refractivity contribution in [1.82, 2.24) is 20.6 Å². The van der Waals surface area contributed by atoms with Crippen molar-refractivity contribution in [2.45, 2.75) is 45.1 Å². The standard InChI is InChI=1S/C18H21ClN4O3/c1-18(2,3)23-14(10-4-5-10)9-13(22-23)17(26)21-20-16(25)12-8-11(19)6-7-15(12)24/h6-10,24H,4-5H2,1-3H3,(H,20,25)(H,21,26). The summed E-state index contributed by atoms with van der Waals surface area (Å²) in [6.45, 7) is 6.08. The fourth-order valence-electron chi connectivity index (χ4n) is 2.65. The number of carbonyl (C=O) groups is 2. The van der Waals surface area contributed by atoms with Gasteiger partial charge in [-0.05, 0) is 57.9 Å². The normalized spacial score (nSPS) is 14.2. The second kappa shape index (κ2) is 6.64. The molecule has 2 aromatic rings. The number of nitrogens with one attached hydrogen (secondary N) is 2. The Labute approximate surface area is 156 Å². The number of halogens is 1. The highest BCUT2D eigenvalue weighted by Gasteiger charge is 2.32. The van der Waals surface area contributed by atoms with Crippen molar-refractivity contribution in [2.24, 2.45) is 0 Å². The molecule has 0 bridgehead atoms. The predicted molar refractivity (Wildman–Crippen MR) is 97.2 cm³/mol. The highest BCUT2D eigenvalue weighted by molar-refractivity contribution is 6.31. The van der Waals surface area contributed by atoms with E-state index in [1.165, 1.54) is 18.2 Å². The van der Waals surface area contributed by atoms with Crippen molar-refractivity contribution in [1.29, 1.82) is 0 Å². The van der Waals surface area contributed by atoms with Crippen LogP contribution in [-0.4, -0.2) is 26.7 Å². The minimum absolute atomic E-state index is 0.0308. The summed E-state index contributed by atoms with van der Waals surface area (Å²) in [5.41, 5.74) is 5.59. The Morgan fingerprint density at radius 1 is 1.19 bits per heavy atom. The van der Waals surface area contributed by atoms with Gasteiger partial charge in [-0.3, -0.25) is 25.1 Å². The molecule has 0 unspecified atom stereocenters. The van der Waals surface area contributed by atoms with Crippen LogP contribution in [0.2, 0.25) is 5.02 Å². The topological polar surface area (TPSA) is 96.3 Å². The number of amides is 2. The van der Waals surface area contributed by atoms with Gasteiger partial charge in [0.05, 0.1) is 11.1 Å². The Morgan fingerprint density at radius 2 is 1.85 bits per heavy atom. The van der Waals surface area contributed by atoms with E-state index in [4.69, 9.17) is 11.6 Å². The zero-order chi connectivity index (χ0) is 19.1. The highest BCUT2D eigenvalue weighted by atomic mass is 35.5. The molecule has 1 fully saturated rings. The first kappa shape index (κ1) is 18.3. The van der Waals surface area contributed by atoms with Crippen molar-refractivity contribution >= 4 is 23.4 Å². The Bertz CT molecular complexity index is 866. The van der Waals surface area contributed by atoms with Gasteiger partial charge in [-0.15, -0.1) is 0 Å². The number of phenols is 1. The number of aromatic nitrogens is 2. The number of hydrazine groups is 1. The Kier molecular flexibility index (Phi) is 4.66. The van der Waals surface area contributed by atoms with Crippen molar-refractivity contribution in [3.05, 3.63) is 46.2 Å². The number of hydrogen-bond acceptors (Lipinski definition) is 4. The molecule has 0 aliphatic heterocycles. The molecule has 7 nitrogen and oxygen atoms in total. The van der Waals surface area contributed by atoms with E-state index in [2.05, 4.69) is 16.0 Å². The maximum absolute atomic E-state index is 12.4. The molecule has 1 saturated carbocycles. The molecule has 1 aliphatic carbocycles. The first-order chi connectivity index (χ1) is 12.2. The van der Waals surface area contributed by atoms with Crippen LogP contribution in [0.15, 0.2) is 24.3 Å². The fraction of sp³-hybridized carbons (Fsp3) is 0.389. The number of phenolic OH excluding ortho intramolecular Hbond substituents is 1. The van der Waals surface area contributed by atoms with Gasteiger partial charge in [0.1, 0.15) is 5.75 Å². The monoisotopic (exact) mass is 376 g/mol. The smallest absolute Gasteiger partial charge is 0.290 e. The SMILES string of the molecule is CC(C)(C)n1nc(C(=O)NNC(=O)c2cc(Cl)ccc2O)cc1C1CC1. The van der Waals surface area contributed by atoms with Gasteiger partial charge < -0.3 is 5.11 Å². The van der Waals surface area contributed by atoms with Crippen LogP contribution < -0.4 is 10.9 Å². The minimum atomic E-state index is -0.670. The molecule has 8 heteroatoms. The van der Waals surface area contributed by atoms with Crippen LogP contribution in [0.1, 0.15) is 66.1 Å². The third-order valence-corrected chi connectivity index (χ3v) is 4.33. The van der Waals surface area contributed by atoms with E-state index in [0.717, 1.165) is 18.5 Å². The summed E-state index contributed by atoms with van der Waals surface area (Å²) in [6, 6.07) is 5.86. The Balaban J connectivity index is 1.72. The van der Waals surface area contributed by atoms with Crippen molar-refractivity contribution in [2.75, 3.05) is 0 Å².